The van der Waals surface area contributed by atoms with Gasteiger partial charge in [-0.1, -0.05) is 19.3 Å². The van der Waals surface area contributed by atoms with Crippen molar-refractivity contribution in [3.63, 3.8) is 0 Å². The number of carbonyl (C=O) groups excluding carboxylic acids is 1. The third-order valence-electron chi connectivity index (χ3n) is 4.47. The molecule has 0 bridgehead atoms. The summed E-state index contributed by atoms with van der Waals surface area (Å²) < 4.78 is 0. The number of H-pyrrole nitrogens is 1. The van der Waals surface area contributed by atoms with Crippen molar-refractivity contribution >= 4 is 5.91 Å². The van der Waals surface area contributed by atoms with E-state index >= 15 is 0 Å². The molecule has 1 aliphatic carbocycles. The van der Waals surface area contributed by atoms with Crippen LogP contribution in [-0.2, 0) is 0 Å². The molecule has 1 aliphatic heterocycles. The summed E-state index contributed by atoms with van der Waals surface area (Å²) in [6, 6.07) is 0.389. The highest BCUT2D eigenvalue weighted by molar-refractivity contribution is 5.92. The van der Waals surface area contributed by atoms with Crippen LogP contribution in [0.5, 0.6) is 0 Å². The Hall–Kier alpha value is -1.40. The van der Waals surface area contributed by atoms with Crippen molar-refractivity contribution in [1.82, 2.24) is 20.2 Å². The molecule has 1 aromatic rings. The number of rotatable bonds is 3. The summed E-state index contributed by atoms with van der Waals surface area (Å²) >= 11 is 0. The molecule has 1 amide bonds. The number of β-amino-alcohol motifs (C(OH)–C–C–N with tert-alkyl or cyclic N) is 1. The summed E-state index contributed by atoms with van der Waals surface area (Å²) in [5, 5.41) is 13.1. The molecular formula is C14H22N4O2. The summed E-state index contributed by atoms with van der Waals surface area (Å²) in [5.41, 5.74) is 0.438. The number of amides is 1. The van der Waals surface area contributed by atoms with Crippen LogP contribution >= 0.6 is 0 Å². The first kappa shape index (κ1) is 13.6. The average molecular weight is 278 g/mol. The Morgan fingerprint density at radius 1 is 1.35 bits per heavy atom. The summed E-state index contributed by atoms with van der Waals surface area (Å²) in [6.45, 7) is 1.41. The molecule has 3 rings (SSSR count). The van der Waals surface area contributed by atoms with Crippen molar-refractivity contribution in [3.8, 4) is 0 Å². The van der Waals surface area contributed by atoms with E-state index in [0.29, 0.717) is 18.3 Å². The van der Waals surface area contributed by atoms with E-state index in [2.05, 4.69) is 20.2 Å². The van der Waals surface area contributed by atoms with Crippen LogP contribution in [0.2, 0.25) is 0 Å². The number of aromatic amines is 1. The Morgan fingerprint density at radius 3 is 2.85 bits per heavy atom. The average Bonchev–Trinajstić information content (AvgIpc) is 3.10. The Morgan fingerprint density at radius 2 is 2.15 bits per heavy atom. The molecule has 2 fully saturated rings. The van der Waals surface area contributed by atoms with Gasteiger partial charge in [0.05, 0.1) is 24.7 Å². The molecular weight excluding hydrogens is 256 g/mol. The van der Waals surface area contributed by atoms with Gasteiger partial charge in [-0.25, -0.2) is 4.98 Å². The van der Waals surface area contributed by atoms with Gasteiger partial charge in [-0.15, -0.1) is 0 Å². The number of likely N-dealkylation sites (tertiary alicyclic amines) is 1. The zero-order valence-electron chi connectivity index (χ0n) is 11.6. The van der Waals surface area contributed by atoms with Gasteiger partial charge in [0.1, 0.15) is 5.69 Å². The van der Waals surface area contributed by atoms with Crippen LogP contribution in [0.1, 0.15) is 42.6 Å². The van der Waals surface area contributed by atoms with E-state index in [0.717, 1.165) is 6.54 Å². The Bertz CT molecular complexity index is 442. The van der Waals surface area contributed by atoms with E-state index < -0.39 is 6.10 Å². The number of aliphatic hydroxyl groups is 1. The van der Waals surface area contributed by atoms with E-state index in [1.807, 2.05) is 0 Å². The number of hydrogen-bond donors (Lipinski definition) is 3. The van der Waals surface area contributed by atoms with E-state index in [1.165, 1.54) is 44.6 Å². The van der Waals surface area contributed by atoms with Crippen molar-refractivity contribution < 1.29 is 9.90 Å². The fourth-order valence-corrected chi connectivity index (χ4v) is 3.33. The number of imidazole rings is 1. The van der Waals surface area contributed by atoms with Crippen molar-refractivity contribution in [1.29, 1.82) is 0 Å². The molecule has 20 heavy (non-hydrogen) atoms. The van der Waals surface area contributed by atoms with Crippen LogP contribution in [-0.4, -0.2) is 57.2 Å². The largest absolute Gasteiger partial charge is 0.390 e. The number of nitrogens with one attached hydrogen (secondary N) is 2. The maximum Gasteiger partial charge on any atom is 0.269 e. The lowest BCUT2D eigenvalue weighted by Gasteiger charge is -2.30. The molecule has 1 saturated carbocycles. The second kappa shape index (κ2) is 5.93. The van der Waals surface area contributed by atoms with Crippen LogP contribution in [0.3, 0.4) is 0 Å². The SMILES string of the molecule is O=C(N[C@@H]1CN(C2CCCCC2)C[C@H]1O)c1cnc[nH]1. The van der Waals surface area contributed by atoms with E-state index in [1.54, 1.807) is 0 Å². The number of carbonyl (C=O) groups is 1. The van der Waals surface area contributed by atoms with Gasteiger partial charge in [-0.2, -0.15) is 0 Å². The highest BCUT2D eigenvalue weighted by atomic mass is 16.3. The highest BCUT2D eigenvalue weighted by Crippen LogP contribution is 2.25. The zero-order chi connectivity index (χ0) is 13.9. The lowest BCUT2D eigenvalue weighted by atomic mass is 9.94. The van der Waals surface area contributed by atoms with Crippen molar-refractivity contribution in [2.24, 2.45) is 0 Å². The molecule has 6 heteroatoms. The Labute approximate surface area is 118 Å². The molecule has 2 atom stereocenters. The van der Waals surface area contributed by atoms with Gasteiger partial charge in [0, 0.05) is 19.1 Å². The molecule has 2 heterocycles. The van der Waals surface area contributed by atoms with Crippen LogP contribution in [0.25, 0.3) is 0 Å². The van der Waals surface area contributed by atoms with Crippen LogP contribution in [0.4, 0.5) is 0 Å². The maximum atomic E-state index is 12.0. The van der Waals surface area contributed by atoms with E-state index in [9.17, 15) is 9.90 Å². The minimum absolute atomic E-state index is 0.187. The molecule has 0 radical (unpaired) electrons. The van der Waals surface area contributed by atoms with Crippen LogP contribution in [0, 0.1) is 0 Å². The number of nitrogens with zero attached hydrogens (tertiary/aromatic N) is 2. The fourth-order valence-electron chi connectivity index (χ4n) is 3.33. The maximum absolute atomic E-state index is 12.0. The van der Waals surface area contributed by atoms with Gasteiger partial charge >= 0.3 is 0 Å². The third kappa shape index (κ3) is 2.86. The molecule has 2 aliphatic rings. The van der Waals surface area contributed by atoms with Crippen molar-refractivity contribution in [2.45, 2.75) is 50.3 Å². The molecule has 0 unspecified atom stereocenters. The topological polar surface area (TPSA) is 81.2 Å². The third-order valence-corrected chi connectivity index (χ3v) is 4.47. The zero-order valence-corrected chi connectivity index (χ0v) is 11.6. The van der Waals surface area contributed by atoms with Gasteiger partial charge < -0.3 is 15.4 Å². The van der Waals surface area contributed by atoms with Crippen molar-refractivity contribution in [2.75, 3.05) is 13.1 Å². The molecule has 3 N–H and O–H groups in total. The molecule has 1 aromatic heterocycles. The summed E-state index contributed by atoms with van der Waals surface area (Å²) in [5.74, 6) is -0.197. The number of aliphatic hydroxyl groups excluding tert-OH is 1. The summed E-state index contributed by atoms with van der Waals surface area (Å²) in [7, 11) is 0. The second-order valence-corrected chi connectivity index (χ2v) is 5.86. The first-order valence-electron chi connectivity index (χ1n) is 7.45. The molecule has 0 aromatic carbocycles. The monoisotopic (exact) mass is 278 g/mol. The Balaban J connectivity index is 1.56. The summed E-state index contributed by atoms with van der Waals surface area (Å²) in [4.78, 5) is 20.9. The van der Waals surface area contributed by atoms with Gasteiger partial charge in [-0.05, 0) is 12.8 Å². The van der Waals surface area contributed by atoms with Gasteiger partial charge in [0.15, 0.2) is 0 Å². The van der Waals surface area contributed by atoms with Gasteiger partial charge in [0.2, 0.25) is 0 Å². The lowest BCUT2D eigenvalue weighted by molar-refractivity contribution is 0.0883. The first-order chi connectivity index (χ1) is 9.74. The predicted octanol–water partition coefficient (Wildman–Crippen LogP) is 0.517. The normalized spacial score (nSPS) is 28.6. The van der Waals surface area contributed by atoms with Crippen LogP contribution in [0.15, 0.2) is 12.5 Å². The quantitative estimate of drug-likeness (QED) is 0.753. The van der Waals surface area contributed by atoms with Gasteiger partial charge in [0.25, 0.3) is 5.91 Å². The first-order valence-corrected chi connectivity index (χ1v) is 7.45. The van der Waals surface area contributed by atoms with Crippen LogP contribution < -0.4 is 5.32 Å². The Kier molecular flexibility index (Phi) is 4.03. The molecule has 110 valence electrons. The minimum Gasteiger partial charge on any atom is -0.390 e. The molecule has 0 spiro atoms. The lowest BCUT2D eigenvalue weighted by Crippen LogP contribution is -2.43. The molecule has 6 nitrogen and oxygen atoms in total. The summed E-state index contributed by atoms with van der Waals surface area (Å²) in [6.07, 6.45) is 8.81. The predicted molar refractivity (Wildman–Crippen MR) is 74.3 cm³/mol. The van der Waals surface area contributed by atoms with E-state index in [4.69, 9.17) is 0 Å². The number of hydrogen-bond acceptors (Lipinski definition) is 4. The van der Waals surface area contributed by atoms with E-state index in [-0.39, 0.29) is 11.9 Å². The van der Waals surface area contributed by atoms with Crippen molar-refractivity contribution in [3.05, 3.63) is 18.2 Å². The number of aromatic nitrogens is 2. The second-order valence-electron chi connectivity index (χ2n) is 5.86. The fraction of sp³-hybridized carbons (Fsp3) is 0.714. The van der Waals surface area contributed by atoms with Gasteiger partial charge in [-0.3, -0.25) is 9.69 Å². The minimum atomic E-state index is -0.483. The molecule has 1 saturated heterocycles. The highest BCUT2D eigenvalue weighted by Gasteiger charge is 2.36. The standard InChI is InChI=1S/C14H22N4O2/c19-13-8-18(10-4-2-1-3-5-10)7-12(13)17-14(20)11-6-15-9-16-11/h6,9-10,12-13,19H,1-5,7-8H2,(H,15,16)(H,17,20)/t12-,13-/m1/s1. The smallest absolute Gasteiger partial charge is 0.269 e.